The van der Waals surface area contributed by atoms with Gasteiger partial charge in [0.1, 0.15) is 0 Å². The van der Waals surface area contributed by atoms with Gasteiger partial charge in [-0.2, -0.15) is 5.10 Å². The number of sulfonamides is 1. The van der Waals surface area contributed by atoms with E-state index in [1.165, 1.54) is 19.2 Å². The van der Waals surface area contributed by atoms with Crippen LogP contribution >= 0.6 is 0 Å². The summed E-state index contributed by atoms with van der Waals surface area (Å²) in [5.41, 5.74) is 0.555. The van der Waals surface area contributed by atoms with Crippen LogP contribution in [0.25, 0.3) is 10.8 Å². The van der Waals surface area contributed by atoms with E-state index < -0.39 is 22.0 Å². The van der Waals surface area contributed by atoms with Gasteiger partial charge in [0.05, 0.1) is 16.3 Å². The Morgan fingerprint density at radius 1 is 1.11 bits per heavy atom. The Bertz CT molecular complexity index is 1180. The molecule has 0 aliphatic carbocycles. The number of amides is 1. The van der Waals surface area contributed by atoms with Crippen LogP contribution in [0.3, 0.4) is 0 Å². The first kappa shape index (κ1) is 18.7. The van der Waals surface area contributed by atoms with Crippen molar-refractivity contribution in [3.63, 3.8) is 0 Å². The molecule has 0 fully saturated rings. The molecule has 1 amide bonds. The lowest BCUT2D eigenvalue weighted by atomic mass is 10.1. The lowest BCUT2D eigenvalue weighted by Crippen LogP contribution is -2.31. The summed E-state index contributed by atoms with van der Waals surface area (Å²) < 4.78 is 23.8. The van der Waals surface area contributed by atoms with Gasteiger partial charge < -0.3 is 5.32 Å². The monoisotopic (exact) mass is 386 g/mol. The van der Waals surface area contributed by atoms with Gasteiger partial charge in [0.25, 0.3) is 11.5 Å². The molecule has 0 radical (unpaired) electrons. The van der Waals surface area contributed by atoms with E-state index >= 15 is 0 Å². The molecule has 0 aliphatic heterocycles. The Labute approximate surface area is 155 Å². The number of hydrogen-bond acceptors (Lipinski definition) is 5. The van der Waals surface area contributed by atoms with Crippen molar-refractivity contribution in [3.8, 4) is 0 Å². The van der Waals surface area contributed by atoms with Crippen molar-refractivity contribution in [2.75, 3.05) is 0 Å². The van der Waals surface area contributed by atoms with Crippen molar-refractivity contribution in [2.24, 2.45) is 12.2 Å². The molecule has 0 unspecified atom stereocenters. The maximum atomic E-state index is 12.7. The largest absolute Gasteiger partial charge is 0.344 e. The predicted molar refractivity (Wildman–Crippen MR) is 101 cm³/mol. The Morgan fingerprint density at radius 2 is 1.70 bits per heavy atom. The lowest BCUT2D eigenvalue weighted by molar-refractivity contribution is 0.0934. The van der Waals surface area contributed by atoms with Gasteiger partial charge in [0.15, 0.2) is 5.69 Å². The topological polar surface area (TPSA) is 124 Å². The molecule has 0 bridgehead atoms. The van der Waals surface area contributed by atoms with Crippen LogP contribution in [-0.2, 0) is 17.1 Å². The Balaban J connectivity index is 1.91. The van der Waals surface area contributed by atoms with Crippen LogP contribution in [0, 0.1) is 0 Å². The first-order chi connectivity index (χ1) is 12.7. The molecular weight excluding hydrogens is 368 g/mol. The molecule has 2 aromatic carbocycles. The summed E-state index contributed by atoms with van der Waals surface area (Å²) >= 11 is 0. The van der Waals surface area contributed by atoms with E-state index in [0.717, 1.165) is 4.68 Å². The van der Waals surface area contributed by atoms with Crippen LogP contribution in [0.5, 0.6) is 0 Å². The van der Waals surface area contributed by atoms with E-state index in [2.05, 4.69) is 10.4 Å². The molecule has 8 nitrogen and oxygen atoms in total. The maximum Gasteiger partial charge on any atom is 0.274 e. The summed E-state index contributed by atoms with van der Waals surface area (Å²) in [7, 11) is -2.29. The molecular formula is C18H18N4O4S. The van der Waals surface area contributed by atoms with E-state index in [9.17, 15) is 18.0 Å². The van der Waals surface area contributed by atoms with Gasteiger partial charge in [0, 0.05) is 12.4 Å². The number of fused-ring (bicyclic) bond motifs is 1. The van der Waals surface area contributed by atoms with Crippen LogP contribution in [0.1, 0.15) is 29.0 Å². The second-order valence-corrected chi connectivity index (χ2v) is 7.69. The molecule has 140 valence electrons. The molecule has 1 heterocycles. The summed E-state index contributed by atoms with van der Waals surface area (Å²) in [5, 5.41) is 12.9. The fourth-order valence-corrected chi connectivity index (χ4v) is 3.28. The summed E-state index contributed by atoms with van der Waals surface area (Å²) in [6.07, 6.45) is 0. The molecule has 3 aromatic rings. The summed E-state index contributed by atoms with van der Waals surface area (Å²) in [4.78, 5) is 24.9. The van der Waals surface area contributed by atoms with Crippen molar-refractivity contribution in [1.82, 2.24) is 15.1 Å². The van der Waals surface area contributed by atoms with Crippen LogP contribution in [0.4, 0.5) is 0 Å². The highest BCUT2D eigenvalue weighted by Crippen LogP contribution is 2.18. The van der Waals surface area contributed by atoms with E-state index in [0.29, 0.717) is 16.3 Å². The molecule has 3 N–H and O–H groups in total. The minimum absolute atomic E-state index is 0.00417. The number of benzene rings is 2. The third kappa shape index (κ3) is 3.74. The van der Waals surface area contributed by atoms with E-state index in [4.69, 9.17) is 5.14 Å². The normalized spacial score (nSPS) is 12.7. The first-order valence-corrected chi connectivity index (χ1v) is 9.63. The molecule has 0 spiro atoms. The number of nitrogens with zero attached hydrogens (tertiary/aromatic N) is 2. The van der Waals surface area contributed by atoms with Gasteiger partial charge in [-0.05, 0) is 30.7 Å². The smallest absolute Gasteiger partial charge is 0.274 e. The lowest BCUT2D eigenvalue weighted by Gasteiger charge is -2.15. The number of aromatic nitrogens is 2. The third-order valence-corrected chi connectivity index (χ3v) is 5.16. The number of primary sulfonamides is 1. The van der Waals surface area contributed by atoms with Crippen LogP contribution in [0.15, 0.2) is 58.2 Å². The zero-order chi connectivity index (χ0) is 19.8. The Morgan fingerprint density at radius 3 is 2.30 bits per heavy atom. The summed E-state index contributed by atoms with van der Waals surface area (Å²) in [6.45, 7) is 1.76. The fraction of sp³-hybridized carbons (Fsp3) is 0.167. The molecule has 1 atom stereocenters. The summed E-state index contributed by atoms with van der Waals surface area (Å²) in [6, 6.07) is 12.3. The number of carbonyl (C=O) groups excluding carboxylic acids is 1. The molecule has 9 heteroatoms. The molecule has 1 aromatic heterocycles. The van der Waals surface area contributed by atoms with Gasteiger partial charge in [-0.15, -0.1) is 0 Å². The van der Waals surface area contributed by atoms with Crippen molar-refractivity contribution >= 4 is 26.7 Å². The highest BCUT2D eigenvalue weighted by Gasteiger charge is 2.18. The third-order valence-electron chi connectivity index (χ3n) is 4.23. The van der Waals surface area contributed by atoms with E-state index in [1.54, 1.807) is 43.3 Å². The number of carbonyl (C=O) groups is 1. The highest BCUT2D eigenvalue weighted by molar-refractivity contribution is 7.89. The van der Waals surface area contributed by atoms with E-state index in [1.807, 2.05) is 0 Å². The average Bonchev–Trinajstić information content (AvgIpc) is 2.64. The number of aryl methyl sites for hydroxylation is 1. The van der Waals surface area contributed by atoms with Gasteiger partial charge in [0.2, 0.25) is 10.0 Å². The summed E-state index contributed by atoms with van der Waals surface area (Å²) in [5.74, 6) is -0.440. The van der Waals surface area contributed by atoms with Crippen molar-refractivity contribution < 1.29 is 13.2 Å². The first-order valence-electron chi connectivity index (χ1n) is 8.08. The van der Waals surface area contributed by atoms with Crippen molar-refractivity contribution in [1.29, 1.82) is 0 Å². The minimum atomic E-state index is -3.77. The minimum Gasteiger partial charge on any atom is -0.344 e. The van der Waals surface area contributed by atoms with Gasteiger partial charge in [-0.1, -0.05) is 30.3 Å². The molecule has 27 heavy (non-hydrogen) atoms. The van der Waals surface area contributed by atoms with Crippen LogP contribution in [-0.4, -0.2) is 24.1 Å². The number of nitrogens with one attached hydrogen (secondary N) is 1. The van der Waals surface area contributed by atoms with Gasteiger partial charge in [-0.3, -0.25) is 9.59 Å². The maximum absolute atomic E-state index is 12.7. The van der Waals surface area contributed by atoms with Gasteiger partial charge in [-0.25, -0.2) is 18.2 Å². The predicted octanol–water partition coefficient (Wildman–Crippen LogP) is 1.07. The second-order valence-electron chi connectivity index (χ2n) is 6.13. The Kier molecular flexibility index (Phi) is 4.81. The van der Waals surface area contributed by atoms with Crippen LogP contribution in [0.2, 0.25) is 0 Å². The SMILES string of the molecule is C[C@@H](NC(=O)c1nn(C)c(=O)c2ccccc12)c1ccc(S(N)(=O)=O)cc1. The Hall–Kier alpha value is -3.04. The van der Waals surface area contributed by atoms with Crippen LogP contribution < -0.4 is 16.0 Å². The zero-order valence-corrected chi connectivity index (χ0v) is 15.5. The van der Waals surface area contributed by atoms with Crippen molar-refractivity contribution in [3.05, 3.63) is 70.1 Å². The van der Waals surface area contributed by atoms with Gasteiger partial charge >= 0.3 is 0 Å². The fourth-order valence-electron chi connectivity index (χ4n) is 2.76. The second kappa shape index (κ2) is 6.93. The quantitative estimate of drug-likeness (QED) is 0.694. The number of nitrogens with two attached hydrogens (primary N) is 1. The van der Waals surface area contributed by atoms with Crippen molar-refractivity contribution in [2.45, 2.75) is 17.9 Å². The molecule has 0 aliphatic rings. The average molecular weight is 386 g/mol. The molecule has 0 saturated carbocycles. The number of hydrogen-bond donors (Lipinski definition) is 2. The standard InChI is InChI=1S/C18H18N4O4S/c1-11(12-7-9-13(10-8-12)27(19,25)26)20-17(23)16-14-5-3-4-6-15(14)18(24)22(2)21-16/h3-11H,1-2H3,(H,20,23)(H2,19,25,26)/t11-/m1/s1. The highest BCUT2D eigenvalue weighted by atomic mass is 32.2. The zero-order valence-electron chi connectivity index (χ0n) is 14.7. The number of rotatable bonds is 4. The molecule has 0 saturated heterocycles. The molecule has 3 rings (SSSR count). The van der Waals surface area contributed by atoms with E-state index in [-0.39, 0.29) is 16.1 Å².